The molecule has 0 amide bonds. The van der Waals surface area contributed by atoms with Gasteiger partial charge in [-0.15, -0.1) is 0 Å². The number of likely N-dealkylation sites (tertiary alicyclic amines) is 1. The van der Waals surface area contributed by atoms with Crippen LogP contribution in [0.1, 0.15) is 30.9 Å². The van der Waals surface area contributed by atoms with Gasteiger partial charge in [-0.1, -0.05) is 18.2 Å². The molecule has 0 spiro atoms. The van der Waals surface area contributed by atoms with Crippen molar-refractivity contribution in [2.24, 2.45) is 5.73 Å². The van der Waals surface area contributed by atoms with Gasteiger partial charge in [0, 0.05) is 11.6 Å². The van der Waals surface area contributed by atoms with E-state index in [0.29, 0.717) is 6.04 Å². The average molecular weight is 234 g/mol. The maximum Gasteiger partial charge on any atom is 0.123 e. The summed E-state index contributed by atoms with van der Waals surface area (Å²) in [6, 6.07) is 8.72. The minimum absolute atomic E-state index is 0.415. The monoisotopic (exact) mass is 234 g/mol. The molecule has 1 saturated heterocycles. The summed E-state index contributed by atoms with van der Waals surface area (Å²) < 4.78 is 5.46. The number of rotatable bonds is 5. The van der Waals surface area contributed by atoms with Crippen LogP contribution in [0.25, 0.3) is 0 Å². The summed E-state index contributed by atoms with van der Waals surface area (Å²) in [5.41, 5.74) is 7.04. The lowest BCUT2D eigenvalue weighted by Gasteiger charge is -2.28. The van der Waals surface area contributed by atoms with Gasteiger partial charge in [0.25, 0.3) is 0 Å². The Bertz CT molecular complexity index is 348. The minimum Gasteiger partial charge on any atom is -0.496 e. The molecule has 3 nitrogen and oxygen atoms in total. The zero-order valence-corrected chi connectivity index (χ0v) is 10.6. The molecule has 2 rings (SSSR count). The van der Waals surface area contributed by atoms with Crippen molar-refractivity contribution in [3.05, 3.63) is 29.8 Å². The molecule has 1 fully saturated rings. The number of nitrogens with zero attached hydrogens (tertiary/aromatic N) is 1. The third-order valence-electron chi connectivity index (χ3n) is 3.52. The molecule has 1 heterocycles. The zero-order chi connectivity index (χ0) is 12.1. The maximum absolute atomic E-state index is 5.76. The largest absolute Gasteiger partial charge is 0.496 e. The molecule has 2 N–H and O–H groups in total. The molecule has 1 aliphatic rings. The van der Waals surface area contributed by atoms with Gasteiger partial charge in [-0.3, -0.25) is 4.90 Å². The summed E-state index contributed by atoms with van der Waals surface area (Å²) >= 11 is 0. The van der Waals surface area contributed by atoms with E-state index in [1.165, 1.54) is 31.5 Å². The second-order valence-electron chi connectivity index (χ2n) is 4.58. The van der Waals surface area contributed by atoms with Crippen molar-refractivity contribution in [2.45, 2.75) is 25.3 Å². The number of hydrogen-bond donors (Lipinski definition) is 1. The van der Waals surface area contributed by atoms with Crippen molar-refractivity contribution < 1.29 is 4.74 Å². The lowest BCUT2D eigenvalue weighted by molar-refractivity contribution is 0.230. The Balaban J connectivity index is 2.24. The highest BCUT2D eigenvalue weighted by molar-refractivity contribution is 5.36. The highest BCUT2D eigenvalue weighted by atomic mass is 16.5. The summed E-state index contributed by atoms with van der Waals surface area (Å²) in [6.07, 6.45) is 3.60. The molecule has 0 radical (unpaired) electrons. The maximum atomic E-state index is 5.76. The third kappa shape index (κ3) is 2.79. The molecule has 94 valence electrons. The lowest BCUT2D eigenvalue weighted by atomic mass is 10.0. The van der Waals surface area contributed by atoms with Crippen molar-refractivity contribution in [3.8, 4) is 5.75 Å². The summed E-state index contributed by atoms with van der Waals surface area (Å²) in [7, 11) is 1.74. The molecular weight excluding hydrogens is 212 g/mol. The van der Waals surface area contributed by atoms with Crippen LogP contribution in [0, 0.1) is 0 Å². The summed E-state index contributed by atoms with van der Waals surface area (Å²) in [5, 5.41) is 0. The van der Waals surface area contributed by atoms with Gasteiger partial charge in [-0.2, -0.15) is 0 Å². The van der Waals surface area contributed by atoms with Crippen LogP contribution < -0.4 is 10.5 Å². The molecule has 0 aliphatic carbocycles. The molecule has 3 heteroatoms. The lowest BCUT2D eigenvalue weighted by Crippen LogP contribution is -2.27. The zero-order valence-electron chi connectivity index (χ0n) is 10.6. The van der Waals surface area contributed by atoms with Crippen LogP contribution >= 0.6 is 0 Å². The number of hydrogen-bond acceptors (Lipinski definition) is 3. The number of ether oxygens (including phenoxy) is 1. The first-order chi connectivity index (χ1) is 8.36. The van der Waals surface area contributed by atoms with Crippen LogP contribution in [0.5, 0.6) is 5.75 Å². The molecule has 1 aromatic rings. The predicted molar refractivity (Wildman–Crippen MR) is 70.2 cm³/mol. The van der Waals surface area contributed by atoms with Crippen molar-refractivity contribution in [2.75, 3.05) is 26.7 Å². The molecule has 0 aromatic heterocycles. The molecule has 17 heavy (non-hydrogen) atoms. The quantitative estimate of drug-likeness (QED) is 0.848. The SMILES string of the molecule is COc1ccccc1[C@@H](CCN)N1CCCC1. The number of nitrogens with two attached hydrogens (primary N) is 1. The molecule has 0 bridgehead atoms. The van der Waals surface area contributed by atoms with E-state index in [1.54, 1.807) is 7.11 Å². The molecule has 1 aliphatic heterocycles. The third-order valence-corrected chi connectivity index (χ3v) is 3.52. The molecule has 1 atom stereocenters. The Morgan fingerprint density at radius 3 is 2.65 bits per heavy atom. The smallest absolute Gasteiger partial charge is 0.123 e. The Labute approximate surface area is 104 Å². The number of para-hydroxylation sites is 1. The van der Waals surface area contributed by atoms with Gasteiger partial charge in [0.1, 0.15) is 5.75 Å². The van der Waals surface area contributed by atoms with Gasteiger partial charge in [0.05, 0.1) is 7.11 Å². The van der Waals surface area contributed by atoms with E-state index >= 15 is 0 Å². The molecular formula is C14H22N2O. The van der Waals surface area contributed by atoms with Crippen LogP contribution in [0.3, 0.4) is 0 Å². The Kier molecular flexibility index (Phi) is 4.40. The van der Waals surface area contributed by atoms with Crippen LogP contribution in [0.4, 0.5) is 0 Å². The minimum atomic E-state index is 0.415. The first-order valence-electron chi connectivity index (χ1n) is 6.44. The summed E-state index contributed by atoms with van der Waals surface area (Å²) in [4.78, 5) is 2.53. The highest BCUT2D eigenvalue weighted by Crippen LogP contribution is 2.33. The van der Waals surface area contributed by atoms with Crippen molar-refractivity contribution in [3.63, 3.8) is 0 Å². The van der Waals surface area contributed by atoms with Gasteiger partial charge < -0.3 is 10.5 Å². The number of methoxy groups -OCH3 is 1. The van der Waals surface area contributed by atoms with E-state index in [4.69, 9.17) is 10.5 Å². The first kappa shape index (κ1) is 12.4. The van der Waals surface area contributed by atoms with E-state index in [1.807, 2.05) is 12.1 Å². The van der Waals surface area contributed by atoms with Crippen molar-refractivity contribution in [1.82, 2.24) is 4.90 Å². The first-order valence-corrected chi connectivity index (χ1v) is 6.44. The van der Waals surface area contributed by atoms with Crippen LogP contribution in [0.15, 0.2) is 24.3 Å². The van der Waals surface area contributed by atoms with Gasteiger partial charge in [-0.05, 0) is 45.0 Å². The van der Waals surface area contributed by atoms with Crippen LogP contribution in [-0.2, 0) is 0 Å². The van der Waals surface area contributed by atoms with Crippen LogP contribution in [-0.4, -0.2) is 31.6 Å². The fourth-order valence-corrected chi connectivity index (χ4v) is 2.69. The highest BCUT2D eigenvalue weighted by Gasteiger charge is 2.24. The van der Waals surface area contributed by atoms with Crippen LogP contribution in [0.2, 0.25) is 0 Å². The van der Waals surface area contributed by atoms with E-state index < -0.39 is 0 Å². The summed E-state index contributed by atoms with van der Waals surface area (Å²) in [6.45, 7) is 3.09. The van der Waals surface area contributed by atoms with Gasteiger partial charge in [-0.25, -0.2) is 0 Å². The second kappa shape index (κ2) is 6.03. The topological polar surface area (TPSA) is 38.5 Å². The Hall–Kier alpha value is -1.06. The summed E-state index contributed by atoms with van der Waals surface area (Å²) in [5.74, 6) is 0.984. The second-order valence-corrected chi connectivity index (χ2v) is 4.58. The molecule has 0 saturated carbocycles. The predicted octanol–water partition coefficient (Wildman–Crippen LogP) is 2.18. The van der Waals surface area contributed by atoms with E-state index in [9.17, 15) is 0 Å². The van der Waals surface area contributed by atoms with Gasteiger partial charge >= 0.3 is 0 Å². The fourth-order valence-electron chi connectivity index (χ4n) is 2.69. The van der Waals surface area contributed by atoms with E-state index in [2.05, 4.69) is 17.0 Å². The van der Waals surface area contributed by atoms with Crippen molar-refractivity contribution in [1.29, 1.82) is 0 Å². The van der Waals surface area contributed by atoms with E-state index in [-0.39, 0.29) is 0 Å². The normalized spacial score (nSPS) is 18.2. The fraction of sp³-hybridized carbons (Fsp3) is 0.571. The standard InChI is InChI=1S/C14H22N2O/c1-17-14-7-3-2-6-12(14)13(8-9-15)16-10-4-5-11-16/h2-3,6-7,13H,4-5,8-11,15H2,1H3/t13-/m1/s1. The molecule has 1 aromatic carbocycles. The van der Waals surface area contributed by atoms with E-state index in [0.717, 1.165) is 18.7 Å². The van der Waals surface area contributed by atoms with Gasteiger partial charge in [0.15, 0.2) is 0 Å². The Morgan fingerprint density at radius 1 is 1.29 bits per heavy atom. The number of benzene rings is 1. The van der Waals surface area contributed by atoms with Crippen molar-refractivity contribution >= 4 is 0 Å². The average Bonchev–Trinajstić information content (AvgIpc) is 2.89. The molecule has 0 unspecified atom stereocenters. The van der Waals surface area contributed by atoms with Gasteiger partial charge in [0.2, 0.25) is 0 Å². The Morgan fingerprint density at radius 2 is 2.00 bits per heavy atom.